The second kappa shape index (κ2) is 4.45. The van der Waals surface area contributed by atoms with Gasteiger partial charge in [-0.15, -0.1) is 0 Å². The van der Waals surface area contributed by atoms with E-state index in [9.17, 15) is 0 Å². The number of halogens is 2. The maximum Gasteiger partial charge on any atom is 0.0181 e. The molecule has 0 spiro atoms. The Hall–Kier alpha value is -0.350. The first-order valence-corrected chi connectivity index (χ1v) is 6.06. The SMILES string of the molecule is Brc1c[c]c(-c2ccc(I)cc2)cc1. The minimum absolute atomic E-state index is 1.06. The van der Waals surface area contributed by atoms with Crippen LogP contribution in [0, 0.1) is 9.64 Å². The van der Waals surface area contributed by atoms with Gasteiger partial charge in [-0.1, -0.05) is 34.1 Å². The predicted molar refractivity (Wildman–Crippen MR) is 71.1 cm³/mol. The molecule has 0 aliphatic heterocycles. The number of hydrogen-bond acceptors (Lipinski definition) is 0. The molecular formula is C12H7BrI. The molecule has 2 rings (SSSR count). The molecule has 0 saturated heterocycles. The second-order valence-electron chi connectivity index (χ2n) is 2.93. The molecule has 0 heterocycles. The molecule has 2 heteroatoms. The molecule has 0 N–H and O–H groups in total. The molecule has 0 atom stereocenters. The highest BCUT2D eigenvalue weighted by Crippen LogP contribution is 2.21. The fourth-order valence-corrected chi connectivity index (χ4v) is 1.82. The van der Waals surface area contributed by atoms with Crippen LogP contribution >= 0.6 is 38.5 Å². The fraction of sp³-hybridized carbons (Fsp3) is 0. The molecule has 0 saturated carbocycles. The van der Waals surface area contributed by atoms with Crippen LogP contribution in [0.15, 0.2) is 46.9 Å². The van der Waals surface area contributed by atoms with Gasteiger partial charge in [0.2, 0.25) is 0 Å². The van der Waals surface area contributed by atoms with E-state index >= 15 is 0 Å². The van der Waals surface area contributed by atoms with Gasteiger partial charge in [-0.3, -0.25) is 0 Å². The predicted octanol–water partition coefficient (Wildman–Crippen LogP) is 4.52. The Labute approximate surface area is 106 Å². The number of benzene rings is 2. The van der Waals surface area contributed by atoms with Crippen molar-refractivity contribution >= 4 is 38.5 Å². The summed E-state index contributed by atoms with van der Waals surface area (Å²) in [5.74, 6) is 0. The molecule has 0 amide bonds. The van der Waals surface area contributed by atoms with Gasteiger partial charge in [-0.2, -0.15) is 0 Å². The Bertz CT molecular complexity index is 374. The highest BCUT2D eigenvalue weighted by molar-refractivity contribution is 14.1. The molecule has 2 aromatic rings. The van der Waals surface area contributed by atoms with Gasteiger partial charge in [0.05, 0.1) is 0 Å². The largest absolute Gasteiger partial charge is 0.0533 e. The molecular weight excluding hydrogens is 351 g/mol. The lowest BCUT2D eigenvalue weighted by Gasteiger charge is -2.00. The van der Waals surface area contributed by atoms with E-state index in [1.54, 1.807) is 0 Å². The Balaban J connectivity index is 2.40. The van der Waals surface area contributed by atoms with E-state index in [-0.39, 0.29) is 0 Å². The molecule has 0 aliphatic rings. The lowest BCUT2D eigenvalue weighted by Crippen LogP contribution is -1.78. The van der Waals surface area contributed by atoms with Gasteiger partial charge in [-0.25, -0.2) is 0 Å². The topological polar surface area (TPSA) is 0 Å². The van der Waals surface area contributed by atoms with Crippen molar-refractivity contribution in [3.63, 3.8) is 0 Å². The standard InChI is InChI=1S/C12H7BrI/c13-11-5-1-9(2-6-11)10-3-7-12(14)8-4-10/h1,3-8H. The lowest BCUT2D eigenvalue weighted by molar-refractivity contribution is 1.57. The quantitative estimate of drug-likeness (QED) is 0.658. The van der Waals surface area contributed by atoms with Crippen molar-refractivity contribution in [3.8, 4) is 11.1 Å². The molecule has 0 fully saturated rings. The summed E-state index contributed by atoms with van der Waals surface area (Å²) in [6, 6.07) is 17.7. The van der Waals surface area contributed by atoms with E-state index in [0.29, 0.717) is 0 Å². The van der Waals surface area contributed by atoms with E-state index in [1.807, 2.05) is 12.1 Å². The van der Waals surface area contributed by atoms with E-state index in [1.165, 1.54) is 9.13 Å². The van der Waals surface area contributed by atoms with Gasteiger partial charge in [0.1, 0.15) is 0 Å². The van der Waals surface area contributed by atoms with Crippen LogP contribution in [0.4, 0.5) is 0 Å². The van der Waals surface area contributed by atoms with Gasteiger partial charge in [0.15, 0.2) is 0 Å². The summed E-state index contributed by atoms with van der Waals surface area (Å²) in [7, 11) is 0. The monoisotopic (exact) mass is 357 g/mol. The van der Waals surface area contributed by atoms with Gasteiger partial charge >= 0.3 is 0 Å². The first-order chi connectivity index (χ1) is 6.75. The van der Waals surface area contributed by atoms with Crippen molar-refractivity contribution in [2.24, 2.45) is 0 Å². The summed E-state index contributed by atoms with van der Waals surface area (Å²) in [6.45, 7) is 0. The van der Waals surface area contributed by atoms with Crippen molar-refractivity contribution < 1.29 is 0 Å². The van der Waals surface area contributed by atoms with Crippen LogP contribution in [0.25, 0.3) is 11.1 Å². The van der Waals surface area contributed by atoms with Crippen LogP contribution in [0.3, 0.4) is 0 Å². The number of rotatable bonds is 1. The Morgan fingerprint density at radius 1 is 1.00 bits per heavy atom. The third kappa shape index (κ3) is 2.36. The van der Waals surface area contributed by atoms with Crippen LogP contribution in [-0.4, -0.2) is 0 Å². The number of hydrogen-bond donors (Lipinski definition) is 0. The second-order valence-corrected chi connectivity index (χ2v) is 5.09. The Kier molecular flexibility index (Phi) is 3.23. The van der Waals surface area contributed by atoms with Crippen molar-refractivity contribution in [1.82, 2.24) is 0 Å². The third-order valence-corrected chi connectivity index (χ3v) is 3.14. The van der Waals surface area contributed by atoms with Crippen LogP contribution in [-0.2, 0) is 0 Å². The Morgan fingerprint density at radius 3 is 2.29 bits per heavy atom. The molecule has 0 aromatic heterocycles. The van der Waals surface area contributed by atoms with E-state index in [4.69, 9.17) is 0 Å². The first-order valence-electron chi connectivity index (χ1n) is 4.19. The van der Waals surface area contributed by atoms with Crippen molar-refractivity contribution in [2.75, 3.05) is 0 Å². The summed E-state index contributed by atoms with van der Waals surface area (Å²) in [6.07, 6.45) is 0. The highest BCUT2D eigenvalue weighted by atomic mass is 127. The average molecular weight is 358 g/mol. The molecule has 14 heavy (non-hydrogen) atoms. The maximum atomic E-state index is 3.40. The highest BCUT2D eigenvalue weighted by Gasteiger charge is 1.96. The van der Waals surface area contributed by atoms with Crippen LogP contribution in [0.1, 0.15) is 0 Å². The lowest BCUT2D eigenvalue weighted by atomic mass is 10.1. The summed E-state index contributed by atoms with van der Waals surface area (Å²) < 4.78 is 2.32. The van der Waals surface area contributed by atoms with Crippen LogP contribution in [0.2, 0.25) is 0 Å². The van der Waals surface area contributed by atoms with Crippen molar-refractivity contribution in [1.29, 1.82) is 0 Å². The normalized spacial score (nSPS) is 10.1. The summed E-state index contributed by atoms with van der Waals surface area (Å²) >= 11 is 5.70. The fourth-order valence-electron chi connectivity index (χ4n) is 1.21. The average Bonchev–Trinajstić information content (AvgIpc) is 2.21. The molecule has 0 aliphatic carbocycles. The van der Waals surface area contributed by atoms with Crippen LogP contribution < -0.4 is 0 Å². The molecule has 1 radical (unpaired) electrons. The van der Waals surface area contributed by atoms with Gasteiger partial charge in [-0.05, 0) is 64.0 Å². The summed E-state index contributed by atoms with van der Waals surface area (Å²) in [4.78, 5) is 0. The summed E-state index contributed by atoms with van der Waals surface area (Å²) in [5, 5.41) is 0. The first kappa shape index (κ1) is 10.2. The summed E-state index contributed by atoms with van der Waals surface area (Å²) in [5.41, 5.74) is 2.34. The zero-order chi connectivity index (χ0) is 9.97. The van der Waals surface area contributed by atoms with E-state index in [2.05, 4.69) is 74.9 Å². The van der Waals surface area contributed by atoms with Gasteiger partial charge in [0.25, 0.3) is 0 Å². The smallest absolute Gasteiger partial charge is 0.0181 e. The molecule has 0 unspecified atom stereocenters. The molecule has 2 aromatic carbocycles. The molecule has 0 nitrogen and oxygen atoms in total. The third-order valence-electron chi connectivity index (χ3n) is 1.93. The molecule has 69 valence electrons. The Morgan fingerprint density at radius 2 is 1.71 bits per heavy atom. The van der Waals surface area contributed by atoms with E-state index in [0.717, 1.165) is 10.0 Å². The zero-order valence-electron chi connectivity index (χ0n) is 7.30. The van der Waals surface area contributed by atoms with Gasteiger partial charge < -0.3 is 0 Å². The minimum Gasteiger partial charge on any atom is -0.0533 e. The zero-order valence-corrected chi connectivity index (χ0v) is 11.0. The van der Waals surface area contributed by atoms with E-state index < -0.39 is 0 Å². The maximum absolute atomic E-state index is 3.40. The minimum atomic E-state index is 1.06. The van der Waals surface area contributed by atoms with Crippen LogP contribution in [0.5, 0.6) is 0 Å². The van der Waals surface area contributed by atoms with Crippen molar-refractivity contribution in [2.45, 2.75) is 0 Å². The van der Waals surface area contributed by atoms with Crippen molar-refractivity contribution in [3.05, 3.63) is 56.6 Å². The molecule has 0 bridgehead atoms. The van der Waals surface area contributed by atoms with Gasteiger partial charge in [0, 0.05) is 8.04 Å².